The number of anilines is 2. The zero-order valence-corrected chi connectivity index (χ0v) is 11.6. The summed E-state index contributed by atoms with van der Waals surface area (Å²) in [4.78, 5) is 11.6. The average molecular weight is 289 g/mol. The number of hydrogen-bond acceptors (Lipinski definition) is 3. The molecule has 1 amide bonds. The molecule has 0 aromatic heterocycles. The smallest absolute Gasteiger partial charge is 0.398 e. The first-order valence-corrected chi connectivity index (χ1v) is 6.00. The largest absolute Gasteiger partial charge is 0.418 e. The maximum atomic E-state index is 12.7. The molecule has 0 aliphatic heterocycles. The van der Waals surface area contributed by atoms with Crippen LogP contribution in [0.3, 0.4) is 0 Å². The van der Waals surface area contributed by atoms with Crippen molar-refractivity contribution in [2.75, 3.05) is 17.6 Å². The lowest BCUT2D eigenvalue weighted by molar-refractivity contribution is -0.136. The van der Waals surface area contributed by atoms with E-state index in [-0.39, 0.29) is 23.8 Å². The Bertz CT molecular complexity index is 493. The van der Waals surface area contributed by atoms with Gasteiger partial charge in [0.2, 0.25) is 5.91 Å². The SMILES string of the molecule is CC(C)(C)NC(=O)CNc1ccc(N)c(C(F)(F)F)c1. The highest BCUT2D eigenvalue weighted by molar-refractivity contribution is 5.81. The lowest BCUT2D eigenvalue weighted by Crippen LogP contribution is -2.43. The van der Waals surface area contributed by atoms with Crippen molar-refractivity contribution < 1.29 is 18.0 Å². The second-order valence-corrected chi connectivity index (χ2v) is 5.45. The zero-order valence-electron chi connectivity index (χ0n) is 11.6. The van der Waals surface area contributed by atoms with Gasteiger partial charge in [-0.05, 0) is 39.0 Å². The van der Waals surface area contributed by atoms with Crippen LogP contribution in [0, 0.1) is 0 Å². The van der Waals surface area contributed by atoms with Crippen LogP contribution in [0.15, 0.2) is 18.2 Å². The maximum absolute atomic E-state index is 12.7. The van der Waals surface area contributed by atoms with Crippen LogP contribution in [0.25, 0.3) is 0 Å². The lowest BCUT2D eigenvalue weighted by Gasteiger charge is -2.21. The van der Waals surface area contributed by atoms with Gasteiger partial charge in [0.15, 0.2) is 0 Å². The molecule has 0 saturated carbocycles. The highest BCUT2D eigenvalue weighted by Crippen LogP contribution is 2.35. The summed E-state index contributed by atoms with van der Waals surface area (Å²) in [5, 5.41) is 5.34. The van der Waals surface area contributed by atoms with Gasteiger partial charge in [0.05, 0.1) is 12.1 Å². The molecule has 112 valence electrons. The zero-order chi connectivity index (χ0) is 15.6. The fourth-order valence-corrected chi connectivity index (χ4v) is 1.56. The van der Waals surface area contributed by atoms with E-state index in [1.807, 2.05) is 20.8 Å². The number of benzene rings is 1. The van der Waals surface area contributed by atoms with Crippen molar-refractivity contribution in [3.63, 3.8) is 0 Å². The third-order valence-corrected chi connectivity index (χ3v) is 2.33. The molecule has 4 N–H and O–H groups in total. The normalized spacial score (nSPS) is 12.1. The van der Waals surface area contributed by atoms with Crippen molar-refractivity contribution >= 4 is 17.3 Å². The van der Waals surface area contributed by atoms with E-state index >= 15 is 0 Å². The van der Waals surface area contributed by atoms with Crippen LogP contribution in [0.4, 0.5) is 24.5 Å². The van der Waals surface area contributed by atoms with Crippen molar-refractivity contribution in [3.05, 3.63) is 23.8 Å². The highest BCUT2D eigenvalue weighted by Gasteiger charge is 2.33. The molecule has 0 aliphatic rings. The summed E-state index contributed by atoms with van der Waals surface area (Å²) in [6.45, 7) is 5.33. The number of carbonyl (C=O) groups is 1. The topological polar surface area (TPSA) is 67.2 Å². The number of rotatable bonds is 3. The number of nitrogens with two attached hydrogens (primary N) is 1. The molecular formula is C13H18F3N3O. The van der Waals surface area contributed by atoms with Gasteiger partial charge in [-0.15, -0.1) is 0 Å². The third kappa shape index (κ3) is 4.99. The summed E-state index contributed by atoms with van der Waals surface area (Å²) < 4.78 is 38.0. The lowest BCUT2D eigenvalue weighted by atomic mass is 10.1. The molecule has 0 spiro atoms. The average Bonchev–Trinajstić information content (AvgIpc) is 2.24. The molecular weight excluding hydrogens is 271 g/mol. The molecule has 1 aromatic rings. The molecule has 0 radical (unpaired) electrons. The van der Waals surface area contributed by atoms with Crippen LogP contribution in [0.5, 0.6) is 0 Å². The van der Waals surface area contributed by atoms with Gasteiger partial charge in [0, 0.05) is 16.9 Å². The molecule has 0 unspecified atom stereocenters. The Morgan fingerprint density at radius 2 is 1.85 bits per heavy atom. The Labute approximate surface area is 115 Å². The van der Waals surface area contributed by atoms with Crippen LogP contribution in [0.1, 0.15) is 26.3 Å². The van der Waals surface area contributed by atoms with E-state index in [0.29, 0.717) is 0 Å². The van der Waals surface area contributed by atoms with Crippen LogP contribution in [-0.4, -0.2) is 18.0 Å². The Morgan fingerprint density at radius 1 is 1.25 bits per heavy atom. The molecule has 0 aliphatic carbocycles. The number of amides is 1. The van der Waals surface area contributed by atoms with E-state index in [1.165, 1.54) is 6.07 Å². The van der Waals surface area contributed by atoms with Gasteiger partial charge in [0.1, 0.15) is 0 Å². The summed E-state index contributed by atoms with van der Waals surface area (Å²) in [5.74, 6) is -0.303. The van der Waals surface area contributed by atoms with Gasteiger partial charge in [-0.25, -0.2) is 0 Å². The summed E-state index contributed by atoms with van der Waals surface area (Å²) in [5.41, 5.74) is 3.82. The van der Waals surface area contributed by atoms with Crippen LogP contribution >= 0.6 is 0 Å². The van der Waals surface area contributed by atoms with E-state index in [0.717, 1.165) is 12.1 Å². The van der Waals surface area contributed by atoms with Gasteiger partial charge in [-0.3, -0.25) is 4.79 Å². The van der Waals surface area contributed by atoms with Crippen molar-refractivity contribution in [3.8, 4) is 0 Å². The van der Waals surface area contributed by atoms with Crippen LogP contribution in [0.2, 0.25) is 0 Å². The third-order valence-electron chi connectivity index (χ3n) is 2.33. The van der Waals surface area contributed by atoms with E-state index in [9.17, 15) is 18.0 Å². The van der Waals surface area contributed by atoms with Crippen LogP contribution < -0.4 is 16.4 Å². The number of carbonyl (C=O) groups excluding carboxylic acids is 1. The second-order valence-electron chi connectivity index (χ2n) is 5.45. The molecule has 0 heterocycles. The monoisotopic (exact) mass is 289 g/mol. The van der Waals surface area contributed by atoms with E-state index in [2.05, 4.69) is 10.6 Å². The number of halogens is 3. The summed E-state index contributed by atoms with van der Waals surface area (Å²) >= 11 is 0. The van der Waals surface area contributed by atoms with Crippen molar-refractivity contribution in [2.24, 2.45) is 0 Å². The number of nitrogen functional groups attached to an aromatic ring is 1. The molecule has 0 bridgehead atoms. The van der Waals surface area contributed by atoms with Gasteiger partial charge < -0.3 is 16.4 Å². The Morgan fingerprint density at radius 3 is 2.35 bits per heavy atom. The molecule has 1 rings (SSSR count). The molecule has 0 atom stereocenters. The number of alkyl halides is 3. The highest BCUT2D eigenvalue weighted by atomic mass is 19.4. The first-order chi connectivity index (χ1) is 8.99. The quantitative estimate of drug-likeness (QED) is 0.749. The Kier molecular flexibility index (Phi) is 4.52. The van der Waals surface area contributed by atoms with Gasteiger partial charge in [0.25, 0.3) is 0 Å². The summed E-state index contributed by atoms with van der Waals surface area (Å²) in [6, 6.07) is 3.45. The standard InChI is InChI=1S/C13H18F3N3O/c1-12(2,3)19-11(20)7-18-8-4-5-10(17)9(6-8)13(14,15)16/h4-6,18H,7,17H2,1-3H3,(H,19,20). The minimum atomic E-state index is -4.52. The van der Waals surface area contributed by atoms with Crippen molar-refractivity contribution in [1.29, 1.82) is 0 Å². The molecule has 1 aromatic carbocycles. The van der Waals surface area contributed by atoms with E-state index < -0.39 is 17.3 Å². The fourth-order valence-electron chi connectivity index (χ4n) is 1.56. The first kappa shape index (κ1) is 16.1. The van der Waals surface area contributed by atoms with Crippen molar-refractivity contribution in [2.45, 2.75) is 32.5 Å². The van der Waals surface area contributed by atoms with Crippen LogP contribution in [-0.2, 0) is 11.0 Å². The number of hydrogen-bond donors (Lipinski definition) is 3. The molecule has 0 fully saturated rings. The van der Waals surface area contributed by atoms with E-state index in [4.69, 9.17) is 5.73 Å². The van der Waals surface area contributed by atoms with Gasteiger partial charge >= 0.3 is 6.18 Å². The summed E-state index contributed by atoms with van der Waals surface area (Å²) in [7, 11) is 0. The fraction of sp³-hybridized carbons (Fsp3) is 0.462. The second kappa shape index (κ2) is 5.60. The summed E-state index contributed by atoms with van der Waals surface area (Å²) in [6.07, 6.45) is -4.52. The van der Waals surface area contributed by atoms with Crippen molar-refractivity contribution in [1.82, 2.24) is 5.32 Å². The van der Waals surface area contributed by atoms with E-state index in [1.54, 1.807) is 0 Å². The van der Waals surface area contributed by atoms with Gasteiger partial charge in [-0.1, -0.05) is 0 Å². The number of nitrogens with one attached hydrogen (secondary N) is 2. The molecule has 7 heteroatoms. The van der Waals surface area contributed by atoms with Gasteiger partial charge in [-0.2, -0.15) is 13.2 Å². The minimum Gasteiger partial charge on any atom is -0.398 e. The maximum Gasteiger partial charge on any atom is 0.418 e. The molecule has 0 saturated heterocycles. The first-order valence-electron chi connectivity index (χ1n) is 6.00. The molecule has 4 nitrogen and oxygen atoms in total. The molecule has 20 heavy (non-hydrogen) atoms. The Hall–Kier alpha value is -1.92. The Balaban J connectivity index is 2.73. The predicted octanol–water partition coefficient (Wildman–Crippen LogP) is 2.61. The predicted molar refractivity (Wildman–Crippen MR) is 72.2 cm³/mol. The minimum absolute atomic E-state index is 0.113.